The van der Waals surface area contributed by atoms with Gasteiger partial charge < -0.3 is 15.4 Å². The maximum absolute atomic E-state index is 12.3. The second-order valence-electron chi connectivity index (χ2n) is 5.63. The molecule has 2 rings (SSSR count). The maximum Gasteiger partial charge on any atom is 0.257 e. The molecule has 142 valence electrons. The lowest BCUT2D eigenvalue weighted by Gasteiger charge is -2.11. The Bertz CT molecular complexity index is 841. The minimum absolute atomic E-state index is 0.0184. The molecule has 0 heterocycles. The number of hydrogen-bond donors (Lipinski definition) is 3. The van der Waals surface area contributed by atoms with E-state index < -0.39 is 0 Å². The molecule has 0 saturated heterocycles. The lowest BCUT2D eigenvalue weighted by molar-refractivity contribution is -0.116. The number of hydrogen-bond acceptors (Lipinski definition) is 4. The minimum Gasteiger partial charge on any atom is -0.496 e. The zero-order valence-electron chi connectivity index (χ0n) is 15.0. The standard InChI is InChI=1S/C19H20IN3O3S/c1-3-4-17(24)21-13-6-8-14(9-7-13)22-19(27)23-18(25)12-5-10-16(26-2)15(20)11-12/h5-11H,3-4H2,1-2H3,(H,21,24)(H2,22,23,25,27). The van der Waals surface area contributed by atoms with Gasteiger partial charge in [0.1, 0.15) is 5.75 Å². The van der Waals surface area contributed by atoms with E-state index in [1.165, 1.54) is 0 Å². The van der Waals surface area contributed by atoms with E-state index >= 15 is 0 Å². The summed E-state index contributed by atoms with van der Waals surface area (Å²) in [6.07, 6.45) is 1.28. The zero-order valence-corrected chi connectivity index (χ0v) is 17.9. The summed E-state index contributed by atoms with van der Waals surface area (Å²) in [6.45, 7) is 1.95. The van der Waals surface area contributed by atoms with E-state index in [1.807, 2.05) is 6.92 Å². The first kappa shape index (κ1) is 21.1. The lowest BCUT2D eigenvalue weighted by atomic mass is 10.2. The van der Waals surface area contributed by atoms with Crippen molar-refractivity contribution in [3.8, 4) is 5.75 Å². The van der Waals surface area contributed by atoms with Gasteiger partial charge in [-0.25, -0.2) is 0 Å². The fourth-order valence-corrected chi connectivity index (χ4v) is 3.18. The first-order valence-corrected chi connectivity index (χ1v) is 9.77. The molecule has 0 aromatic heterocycles. The molecular formula is C19H20IN3O3S. The Labute approximate surface area is 177 Å². The third kappa shape index (κ3) is 6.47. The second kappa shape index (κ2) is 10.2. The molecule has 3 N–H and O–H groups in total. The van der Waals surface area contributed by atoms with Gasteiger partial charge >= 0.3 is 0 Å². The van der Waals surface area contributed by atoms with Crippen LogP contribution in [0.25, 0.3) is 0 Å². The topological polar surface area (TPSA) is 79.5 Å². The van der Waals surface area contributed by atoms with Crippen LogP contribution in [0.1, 0.15) is 30.1 Å². The van der Waals surface area contributed by atoms with Crippen LogP contribution < -0.4 is 20.7 Å². The van der Waals surface area contributed by atoms with E-state index in [0.29, 0.717) is 29.1 Å². The average molecular weight is 497 g/mol. The van der Waals surface area contributed by atoms with Crippen molar-refractivity contribution in [2.75, 3.05) is 17.7 Å². The van der Waals surface area contributed by atoms with E-state index in [0.717, 1.165) is 9.99 Å². The average Bonchev–Trinajstić information content (AvgIpc) is 2.63. The van der Waals surface area contributed by atoms with Gasteiger partial charge in [0.2, 0.25) is 5.91 Å². The molecule has 0 aliphatic carbocycles. The number of halogens is 1. The summed E-state index contributed by atoms with van der Waals surface area (Å²) in [5.74, 6) is 0.380. The fourth-order valence-electron chi connectivity index (χ4n) is 2.23. The Morgan fingerprint density at radius 1 is 1.07 bits per heavy atom. The SMILES string of the molecule is CCCC(=O)Nc1ccc(NC(=S)NC(=O)c2ccc(OC)c(I)c2)cc1. The van der Waals surface area contributed by atoms with Gasteiger partial charge in [0.25, 0.3) is 5.91 Å². The van der Waals surface area contributed by atoms with Crippen LogP contribution in [0, 0.1) is 3.57 Å². The summed E-state index contributed by atoms with van der Waals surface area (Å²) in [6, 6.07) is 12.2. The van der Waals surface area contributed by atoms with Crippen molar-refractivity contribution in [3.63, 3.8) is 0 Å². The molecular weight excluding hydrogens is 477 g/mol. The summed E-state index contributed by atoms with van der Waals surface area (Å²) in [5.41, 5.74) is 1.90. The van der Waals surface area contributed by atoms with Crippen molar-refractivity contribution in [1.29, 1.82) is 0 Å². The van der Waals surface area contributed by atoms with Crippen molar-refractivity contribution < 1.29 is 14.3 Å². The lowest BCUT2D eigenvalue weighted by Crippen LogP contribution is -2.34. The molecule has 0 radical (unpaired) electrons. The number of thiocarbonyl (C=S) groups is 1. The Kier molecular flexibility index (Phi) is 7.99. The molecule has 0 unspecified atom stereocenters. The van der Waals surface area contributed by atoms with Crippen LogP contribution in [0.3, 0.4) is 0 Å². The molecule has 0 aliphatic rings. The second-order valence-corrected chi connectivity index (χ2v) is 7.20. The largest absolute Gasteiger partial charge is 0.496 e. The van der Waals surface area contributed by atoms with Gasteiger partial charge in [0, 0.05) is 23.4 Å². The number of ether oxygens (including phenoxy) is 1. The van der Waals surface area contributed by atoms with E-state index in [4.69, 9.17) is 17.0 Å². The van der Waals surface area contributed by atoms with Crippen LogP contribution in [0.5, 0.6) is 5.75 Å². The van der Waals surface area contributed by atoms with E-state index in [-0.39, 0.29) is 16.9 Å². The van der Waals surface area contributed by atoms with Crippen LogP contribution in [-0.2, 0) is 4.79 Å². The Morgan fingerprint density at radius 2 is 1.70 bits per heavy atom. The van der Waals surface area contributed by atoms with Gasteiger partial charge in [-0.3, -0.25) is 14.9 Å². The summed E-state index contributed by atoms with van der Waals surface area (Å²) >= 11 is 7.30. The first-order chi connectivity index (χ1) is 12.9. The minimum atomic E-state index is -0.309. The van der Waals surface area contributed by atoms with Crippen molar-refractivity contribution in [2.45, 2.75) is 19.8 Å². The molecule has 0 fully saturated rings. The predicted octanol–water partition coefficient (Wildman–Crippen LogP) is 4.17. The number of methoxy groups -OCH3 is 1. The molecule has 0 bridgehead atoms. The van der Waals surface area contributed by atoms with Gasteiger partial charge in [-0.2, -0.15) is 0 Å². The van der Waals surface area contributed by atoms with Gasteiger partial charge in [-0.05, 0) is 83.7 Å². The number of rotatable bonds is 6. The molecule has 2 amide bonds. The summed E-state index contributed by atoms with van der Waals surface area (Å²) in [7, 11) is 1.58. The number of amides is 2. The third-order valence-electron chi connectivity index (χ3n) is 3.54. The molecule has 6 nitrogen and oxygen atoms in total. The number of nitrogens with one attached hydrogen (secondary N) is 3. The highest BCUT2D eigenvalue weighted by Crippen LogP contribution is 2.21. The van der Waals surface area contributed by atoms with Gasteiger partial charge in [0.05, 0.1) is 10.7 Å². The van der Waals surface area contributed by atoms with Crippen molar-refractivity contribution in [1.82, 2.24) is 5.32 Å². The number of carbonyl (C=O) groups is 2. The third-order valence-corrected chi connectivity index (χ3v) is 4.59. The highest BCUT2D eigenvalue weighted by molar-refractivity contribution is 14.1. The molecule has 2 aromatic rings. The molecule has 27 heavy (non-hydrogen) atoms. The van der Waals surface area contributed by atoms with Crippen LogP contribution in [0.2, 0.25) is 0 Å². The summed E-state index contributed by atoms with van der Waals surface area (Å²) in [5, 5.41) is 8.59. The van der Waals surface area contributed by atoms with Crippen molar-refractivity contribution in [2.24, 2.45) is 0 Å². The zero-order chi connectivity index (χ0) is 19.8. The van der Waals surface area contributed by atoms with Crippen molar-refractivity contribution >= 4 is 63.1 Å². The van der Waals surface area contributed by atoms with Crippen LogP contribution in [0.4, 0.5) is 11.4 Å². The smallest absolute Gasteiger partial charge is 0.257 e. The first-order valence-electron chi connectivity index (χ1n) is 8.28. The Hall–Kier alpha value is -2.20. The molecule has 2 aromatic carbocycles. The van der Waals surface area contributed by atoms with E-state index in [1.54, 1.807) is 49.6 Å². The maximum atomic E-state index is 12.3. The van der Waals surface area contributed by atoms with Gasteiger partial charge in [-0.1, -0.05) is 6.92 Å². The molecule has 8 heteroatoms. The summed E-state index contributed by atoms with van der Waals surface area (Å²) < 4.78 is 6.02. The summed E-state index contributed by atoms with van der Waals surface area (Å²) in [4.78, 5) is 23.9. The van der Waals surface area contributed by atoms with Crippen LogP contribution >= 0.6 is 34.8 Å². The molecule has 0 saturated carbocycles. The van der Waals surface area contributed by atoms with Crippen LogP contribution in [0.15, 0.2) is 42.5 Å². The van der Waals surface area contributed by atoms with E-state index in [2.05, 4.69) is 38.5 Å². The predicted molar refractivity (Wildman–Crippen MR) is 119 cm³/mol. The molecule has 0 atom stereocenters. The van der Waals surface area contributed by atoms with Gasteiger partial charge in [-0.15, -0.1) is 0 Å². The Balaban J connectivity index is 1.92. The quantitative estimate of drug-likeness (QED) is 0.413. The highest BCUT2D eigenvalue weighted by Gasteiger charge is 2.11. The number of carbonyl (C=O) groups excluding carboxylic acids is 2. The van der Waals surface area contributed by atoms with Crippen molar-refractivity contribution in [3.05, 3.63) is 51.6 Å². The number of benzene rings is 2. The fraction of sp³-hybridized carbons (Fsp3) is 0.211. The normalized spacial score (nSPS) is 10.0. The number of anilines is 2. The van der Waals surface area contributed by atoms with Crippen LogP contribution in [-0.4, -0.2) is 24.0 Å². The Morgan fingerprint density at radius 3 is 2.26 bits per heavy atom. The van der Waals surface area contributed by atoms with Gasteiger partial charge in [0.15, 0.2) is 5.11 Å². The highest BCUT2D eigenvalue weighted by atomic mass is 127. The molecule has 0 spiro atoms. The molecule has 0 aliphatic heterocycles. The van der Waals surface area contributed by atoms with E-state index in [9.17, 15) is 9.59 Å². The monoisotopic (exact) mass is 497 g/mol.